The number of guanidine groups is 1. The molecule has 6 nitrogen and oxygen atoms in total. The lowest BCUT2D eigenvalue weighted by atomic mass is 9.93. The molecule has 0 radical (unpaired) electrons. The molecule has 0 spiro atoms. The Balaban J connectivity index is 0.00000300. The number of aromatic nitrogens is 2. The molecular weight excluding hydrogens is 477 g/mol. The molecule has 1 aliphatic rings. The van der Waals surface area contributed by atoms with Gasteiger partial charge in [-0.2, -0.15) is 0 Å². The summed E-state index contributed by atoms with van der Waals surface area (Å²) in [6.45, 7) is 11.3. The van der Waals surface area contributed by atoms with Crippen LogP contribution in [-0.2, 0) is 17.9 Å². The van der Waals surface area contributed by atoms with Crippen molar-refractivity contribution in [1.82, 2.24) is 19.8 Å². The van der Waals surface area contributed by atoms with Gasteiger partial charge in [0.25, 0.3) is 0 Å². The van der Waals surface area contributed by atoms with Crippen LogP contribution < -0.4 is 5.32 Å². The number of hydrogen-bond donors (Lipinski definition) is 1. The van der Waals surface area contributed by atoms with Crippen LogP contribution in [0.5, 0.6) is 0 Å². The fourth-order valence-corrected chi connectivity index (χ4v) is 3.75. The third-order valence-corrected chi connectivity index (χ3v) is 5.44. The van der Waals surface area contributed by atoms with Crippen LogP contribution in [-0.4, -0.2) is 46.7 Å². The van der Waals surface area contributed by atoms with Gasteiger partial charge in [-0.3, -0.25) is 0 Å². The number of hydrogen-bond acceptors (Lipinski definition) is 3. The van der Waals surface area contributed by atoms with Gasteiger partial charge in [0.05, 0.1) is 25.5 Å². The Bertz CT molecular complexity index is 749. The molecular formula is C22H34IN5O. The molecule has 0 saturated carbocycles. The Morgan fingerprint density at radius 2 is 2.07 bits per heavy atom. The molecule has 29 heavy (non-hydrogen) atoms. The van der Waals surface area contributed by atoms with Crippen molar-refractivity contribution in [2.45, 2.75) is 46.4 Å². The van der Waals surface area contributed by atoms with Gasteiger partial charge in [-0.05, 0) is 37.3 Å². The van der Waals surface area contributed by atoms with Crippen molar-refractivity contribution in [3.05, 3.63) is 54.1 Å². The van der Waals surface area contributed by atoms with E-state index in [0.29, 0.717) is 25.1 Å². The van der Waals surface area contributed by atoms with Crippen LogP contribution in [0.25, 0.3) is 0 Å². The van der Waals surface area contributed by atoms with Crippen LogP contribution >= 0.6 is 24.0 Å². The summed E-state index contributed by atoms with van der Waals surface area (Å²) in [6.07, 6.45) is 7.01. The van der Waals surface area contributed by atoms with E-state index in [0.717, 1.165) is 38.6 Å². The number of halogens is 1. The summed E-state index contributed by atoms with van der Waals surface area (Å²) < 4.78 is 7.85. The normalized spacial score (nSPS) is 19.7. The average molecular weight is 511 g/mol. The quantitative estimate of drug-likeness (QED) is 0.346. The minimum absolute atomic E-state index is 0. The van der Waals surface area contributed by atoms with Gasteiger partial charge in [0, 0.05) is 38.6 Å². The molecule has 3 rings (SSSR count). The van der Waals surface area contributed by atoms with E-state index < -0.39 is 0 Å². The van der Waals surface area contributed by atoms with Crippen molar-refractivity contribution in [3.8, 4) is 0 Å². The summed E-state index contributed by atoms with van der Waals surface area (Å²) in [4.78, 5) is 11.6. The van der Waals surface area contributed by atoms with Crippen LogP contribution in [0.1, 0.15) is 44.4 Å². The highest BCUT2D eigenvalue weighted by molar-refractivity contribution is 14.0. The second-order valence-corrected chi connectivity index (χ2v) is 7.37. The number of likely N-dealkylation sites (tertiary alicyclic amines) is 1. The summed E-state index contributed by atoms with van der Waals surface area (Å²) >= 11 is 0. The number of rotatable bonds is 7. The van der Waals surface area contributed by atoms with Crippen molar-refractivity contribution >= 4 is 29.9 Å². The van der Waals surface area contributed by atoms with Crippen molar-refractivity contribution < 1.29 is 4.74 Å². The Morgan fingerprint density at radius 1 is 1.28 bits per heavy atom. The van der Waals surface area contributed by atoms with Crippen molar-refractivity contribution in [1.29, 1.82) is 0 Å². The van der Waals surface area contributed by atoms with Gasteiger partial charge in [0.15, 0.2) is 5.96 Å². The number of ether oxygens (including phenoxy) is 1. The highest BCUT2D eigenvalue weighted by Gasteiger charge is 2.28. The number of imidazole rings is 1. The third kappa shape index (κ3) is 6.44. The minimum Gasteiger partial charge on any atom is -0.377 e. The molecule has 0 aliphatic carbocycles. The Labute approximate surface area is 191 Å². The van der Waals surface area contributed by atoms with E-state index in [1.807, 2.05) is 19.4 Å². The van der Waals surface area contributed by atoms with Crippen LogP contribution in [0, 0.1) is 5.92 Å². The van der Waals surface area contributed by atoms with E-state index in [1.165, 1.54) is 11.1 Å². The molecule has 0 amide bonds. The second kappa shape index (κ2) is 12.2. The first-order chi connectivity index (χ1) is 13.7. The lowest BCUT2D eigenvalue weighted by Crippen LogP contribution is -2.49. The molecule has 1 aromatic carbocycles. The zero-order valence-corrected chi connectivity index (χ0v) is 20.1. The van der Waals surface area contributed by atoms with Gasteiger partial charge < -0.3 is 19.5 Å². The summed E-state index contributed by atoms with van der Waals surface area (Å²) in [5.74, 6) is 1.62. The third-order valence-electron chi connectivity index (χ3n) is 5.44. The number of benzene rings is 1. The summed E-state index contributed by atoms with van der Waals surface area (Å²) in [7, 11) is 0. The molecule has 2 unspecified atom stereocenters. The van der Waals surface area contributed by atoms with Crippen molar-refractivity contribution in [2.24, 2.45) is 10.9 Å². The van der Waals surface area contributed by atoms with E-state index in [2.05, 4.69) is 64.1 Å². The standard InChI is InChI=1S/C22H33N5O.HI/c1-4-24-22(25-14-19-8-6-7-9-20(19)16-28-5-2)26-12-10-18(3)21(15-26)27-13-11-23-17-27;/h6-9,11,13,17-18,21H,4-5,10,12,14-16H2,1-3H3,(H,24,25);1H. The Morgan fingerprint density at radius 3 is 2.76 bits per heavy atom. The Hall–Kier alpha value is -1.61. The number of piperidine rings is 1. The average Bonchev–Trinajstić information content (AvgIpc) is 3.25. The summed E-state index contributed by atoms with van der Waals surface area (Å²) in [5.41, 5.74) is 2.44. The van der Waals surface area contributed by atoms with Crippen molar-refractivity contribution in [3.63, 3.8) is 0 Å². The van der Waals surface area contributed by atoms with Crippen LogP contribution in [0.4, 0.5) is 0 Å². The molecule has 7 heteroatoms. The number of nitrogens with zero attached hydrogens (tertiary/aromatic N) is 4. The highest BCUT2D eigenvalue weighted by atomic mass is 127. The molecule has 2 atom stereocenters. The lowest BCUT2D eigenvalue weighted by Gasteiger charge is -2.39. The summed E-state index contributed by atoms with van der Waals surface area (Å²) in [6, 6.07) is 8.84. The van der Waals surface area contributed by atoms with Gasteiger partial charge >= 0.3 is 0 Å². The maximum atomic E-state index is 5.61. The largest absolute Gasteiger partial charge is 0.377 e. The SMILES string of the molecule is CCNC(=NCc1ccccc1COCC)N1CCC(C)C(n2ccnc2)C1.I. The van der Waals surface area contributed by atoms with E-state index >= 15 is 0 Å². The molecule has 1 aliphatic heterocycles. The lowest BCUT2D eigenvalue weighted by molar-refractivity contribution is 0.133. The van der Waals surface area contributed by atoms with Gasteiger partial charge in [-0.15, -0.1) is 24.0 Å². The second-order valence-electron chi connectivity index (χ2n) is 7.37. The minimum atomic E-state index is 0. The molecule has 160 valence electrons. The smallest absolute Gasteiger partial charge is 0.194 e. The zero-order valence-electron chi connectivity index (χ0n) is 17.8. The predicted molar refractivity (Wildman–Crippen MR) is 129 cm³/mol. The summed E-state index contributed by atoms with van der Waals surface area (Å²) in [5, 5.41) is 3.49. The molecule has 1 saturated heterocycles. The highest BCUT2D eigenvalue weighted by Crippen LogP contribution is 2.27. The molecule has 2 aromatic rings. The van der Waals surface area contributed by atoms with Crippen LogP contribution in [0.2, 0.25) is 0 Å². The first-order valence-corrected chi connectivity index (χ1v) is 10.4. The van der Waals surface area contributed by atoms with E-state index in [9.17, 15) is 0 Å². The molecule has 2 heterocycles. The fourth-order valence-electron chi connectivity index (χ4n) is 3.75. The number of aliphatic imine (C=N–C) groups is 1. The molecule has 1 aromatic heterocycles. The maximum Gasteiger partial charge on any atom is 0.194 e. The maximum absolute atomic E-state index is 5.61. The van der Waals surface area contributed by atoms with Crippen molar-refractivity contribution in [2.75, 3.05) is 26.2 Å². The van der Waals surface area contributed by atoms with Gasteiger partial charge in [0.2, 0.25) is 0 Å². The van der Waals surface area contributed by atoms with Gasteiger partial charge in [0.1, 0.15) is 0 Å². The van der Waals surface area contributed by atoms with Crippen LogP contribution in [0.15, 0.2) is 48.0 Å². The predicted octanol–water partition coefficient (Wildman–Crippen LogP) is 4.09. The van der Waals surface area contributed by atoms with E-state index in [4.69, 9.17) is 9.73 Å². The molecule has 1 N–H and O–H groups in total. The van der Waals surface area contributed by atoms with E-state index in [1.54, 1.807) is 0 Å². The van der Waals surface area contributed by atoms with Gasteiger partial charge in [-0.1, -0.05) is 31.2 Å². The monoisotopic (exact) mass is 511 g/mol. The van der Waals surface area contributed by atoms with Crippen LogP contribution in [0.3, 0.4) is 0 Å². The number of nitrogens with one attached hydrogen (secondary N) is 1. The molecule has 1 fully saturated rings. The first-order valence-electron chi connectivity index (χ1n) is 10.4. The fraction of sp³-hybridized carbons (Fsp3) is 0.545. The topological polar surface area (TPSA) is 54.7 Å². The molecule has 0 bridgehead atoms. The zero-order chi connectivity index (χ0) is 19.8. The van der Waals surface area contributed by atoms with E-state index in [-0.39, 0.29) is 24.0 Å². The first kappa shape index (κ1) is 23.7. The van der Waals surface area contributed by atoms with Gasteiger partial charge in [-0.25, -0.2) is 9.98 Å². The Kier molecular flexibility index (Phi) is 9.93.